The van der Waals surface area contributed by atoms with Crippen LogP contribution in [-0.2, 0) is 20.0 Å². The monoisotopic (exact) mass is 585 g/mol. The first kappa shape index (κ1) is 27.9. The number of benzene rings is 5. The topological polar surface area (TPSA) is 121 Å². The molecule has 10 heteroatoms. The number of fused-ring (bicyclic) bond motifs is 1. The van der Waals surface area contributed by atoms with Gasteiger partial charge in [0.2, 0.25) is 0 Å². The second kappa shape index (κ2) is 11.1. The molecule has 41 heavy (non-hydrogen) atoms. The number of anilines is 3. The predicted octanol–water partition coefficient (Wildman–Crippen LogP) is 6.31. The first-order valence-electron chi connectivity index (χ1n) is 12.6. The smallest absolute Gasteiger partial charge is 0.261 e. The van der Waals surface area contributed by atoms with Crippen LogP contribution in [0.5, 0.6) is 0 Å². The second-order valence-electron chi connectivity index (χ2n) is 9.51. The number of nitrogens with one attached hydrogen (secondary N) is 3. The Morgan fingerprint density at radius 2 is 1.12 bits per heavy atom. The summed E-state index contributed by atoms with van der Waals surface area (Å²) in [6.45, 7) is 3.52. The van der Waals surface area contributed by atoms with Crippen LogP contribution in [0.25, 0.3) is 10.8 Å². The fraction of sp³-hybridized carbons (Fsp3) is 0.0645. The van der Waals surface area contributed by atoms with Crippen LogP contribution in [0, 0.1) is 13.8 Å². The summed E-state index contributed by atoms with van der Waals surface area (Å²) in [4.78, 5) is 13.2. The van der Waals surface area contributed by atoms with Crippen LogP contribution in [0.4, 0.5) is 17.1 Å². The van der Waals surface area contributed by atoms with Crippen LogP contribution < -0.4 is 14.8 Å². The van der Waals surface area contributed by atoms with E-state index >= 15 is 0 Å². The van der Waals surface area contributed by atoms with Crippen molar-refractivity contribution in [1.29, 1.82) is 0 Å². The molecule has 0 fully saturated rings. The van der Waals surface area contributed by atoms with Gasteiger partial charge in [-0.05, 0) is 79.4 Å². The SMILES string of the molecule is Cc1ccc(S(=O)(=O)Nc2cccc(C(=O)Nc3ccc(S(=O)(=O)Nc4cccc5ccccc45)cc3)c2C)cc1. The standard InChI is InChI=1S/C31H27N3O5S2/c1-21-13-17-25(18-14-21)40(36,37)33-29-11-6-10-27(22(29)2)31(35)32-24-15-19-26(20-16-24)41(38,39)34-30-12-5-8-23-7-3-4-9-28(23)30/h3-20,33-34H,1-2H3,(H,32,35). The third-order valence-corrected chi connectivity index (χ3v) is 9.37. The zero-order chi connectivity index (χ0) is 29.2. The molecule has 0 bridgehead atoms. The fourth-order valence-corrected chi connectivity index (χ4v) is 6.55. The summed E-state index contributed by atoms with van der Waals surface area (Å²) in [5.74, 6) is -0.469. The Bertz CT molecular complexity index is 1970. The highest BCUT2D eigenvalue weighted by Crippen LogP contribution is 2.27. The van der Waals surface area contributed by atoms with E-state index in [0.717, 1.165) is 16.3 Å². The van der Waals surface area contributed by atoms with E-state index in [-0.39, 0.29) is 21.0 Å². The third-order valence-electron chi connectivity index (χ3n) is 6.61. The van der Waals surface area contributed by atoms with Gasteiger partial charge in [-0.1, -0.05) is 60.2 Å². The number of sulfonamides is 2. The molecule has 208 valence electrons. The Labute approximate surface area is 239 Å². The maximum absolute atomic E-state index is 13.1. The highest BCUT2D eigenvalue weighted by Gasteiger charge is 2.19. The zero-order valence-electron chi connectivity index (χ0n) is 22.3. The minimum atomic E-state index is -3.89. The molecule has 8 nitrogen and oxygen atoms in total. The van der Waals surface area contributed by atoms with Gasteiger partial charge in [-0.3, -0.25) is 14.2 Å². The fourth-order valence-electron chi connectivity index (χ4n) is 4.35. The number of hydrogen-bond acceptors (Lipinski definition) is 5. The largest absolute Gasteiger partial charge is 0.322 e. The van der Waals surface area contributed by atoms with E-state index in [1.807, 2.05) is 37.3 Å². The van der Waals surface area contributed by atoms with Crippen LogP contribution in [0.3, 0.4) is 0 Å². The summed E-state index contributed by atoms with van der Waals surface area (Å²) in [5, 5.41) is 4.44. The summed E-state index contributed by atoms with van der Waals surface area (Å²) in [5.41, 5.74) is 2.77. The lowest BCUT2D eigenvalue weighted by Gasteiger charge is -2.14. The summed E-state index contributed by atoms with van der Waals surface area (Å²) in [6, 6.07) is 29.9. The quantitative estimate of drug-likeness (QED) is 0.197. The van der Waals surface area contributed by atoms with Crippen molar-refractivity contribution in [1.82, 2.24) is 0 Å². The Hall–Kier alpha value is -4.67. The Morgan fingerprint density at radius 1 is 0.585 bits per heavy atom. The molecule has 0 radical (unpaired) electrons. The van der Waals surface area contributed by atoms with Gasteiger partial charge in [0.15, 0.2) is 0 Å². The molecule has 0 aromatic heterocycles. The molecule has 5 aromatic rings. The lowest BCUT2D eigenvalue weighted by atomic mass is 10.1. The molecular weight excluding hydrogens is 558 g/mol. The van der Waals surface area contributed by atoms with Gasteiger partial charge in [0.05, 0.1) is 21.2 Å². The molecule has 0 saturated carbocycles. The number of amides is 1. The number of carbonyl (C=O) groups is 1. The van der Waals surface area contributed by atoms with E-state index < -0.39 is 26.0 Å². The minimum absolute atomic E-state index is 0.0344. The van der Waals surface area contributed by atoms with Crippen LogP contribution >= 0.6 is 0 Å². The van der Waals surface area contributed by atoms with E-state index in [2.05, 4.69) is 14.8 Å². The molecule has 0 spiro atoms. The van der Waals surface area contributed by atoms with Crippen LogP contribution in [-0.4, -0.2) is 22.7 Å². The van der Waals surface area contributed by atoms with Crippen LogP contribution in [0.2, 0.25) is 0 Å². The van der Waals surface area contributed by atoms with E-state index in [1.54, 1.807) is 49.4 Å². The summed E-state index contributed by atoms with van der Waals surface area (Å²) < 4.78 is 57.0. The molecule has 3 N–H and O–H groups in total. The van der Waals surface area contributed by atoms with Gasteiger partial charge in [-0.2, -0.15) is 0 Å². The molecule has 0 unspecified atom stereocenters. The van der Waals surface area contributed by atoms with Crippen molar-refractivity contribution >= 4 is 53.8 Å². The van der Waals surface area contributed by atoms with Crippen molar-refractivity contribution < 1.29 is 21.6 Å². The van der Waals surface area contributed by atoms with Gasteiger partial charge in [0.1, 0.15) is 0 Å². The Morgan fingerprint density at radius 3 is 1.80 bits per heavy atom. The molecule has 0 saturated heterocycles. The van der Waals surface area contributed by atoms with E-state index in [9.17, 15) is 21.6 Å². The highest BCUT2D eigenvalue weighted by molar-refractivity contribution is 7.93. The van der Waals surface area contributed by atoms with Crippen molar-refractivity contribution in [2.45, 2.75) is 23.6 Å². The van der Waals surface area contributed by atoms with Gasteiger partial charge in [0.25, 0.3) is 26.0 Å². The molecule has 0 aliphatic rings. The minimum Gasteiger partial charge on any atom is -0.322 e. The van der Waals surface area contributed by atoms with Crippen molar-refractivity contribution in [3.8, 4) is 0 Å². The molecule has 5 rings (SSSR count). The van der Waals surface area contributed by atoms with Crippen molar-refractivity contribution in [3.05, 3.63) is 126 Å². The number of carbonyl (C=O) groups excluding carboxylic acids is 1. The van der Waals surface area contributed by atoms with Crippen LogP contribution in [0.1, 0.15) is 21.5 Å². The van der Waals surface area contributed by atoms with Gasteiger partial charge in [-0.15, -0.1) is 0 Å². The normalized spacial score (nSPS) is 11.7. The first-order chi connectivity index (χ1) is 19.5. The van der Waals surface area contributed by atoms with E-state index in [4.69, 9.17) is 0 Å². The summed E-state index contributed by atoms with van der Waals surface area (Å²) >= 11 is 0. The molecule has 0 aliphatic carbocycles. The molecule has 0 atom stereocenters. The van der Waals surface area contributed by atoms with Gasteiger partial charge >= 0.3 is 0 Å². The highest BCUT2D eigenvalue weighted by atomic mass is 32.2. The molecule has 0 aliphatic heterocycles. The third kappa shape index (κ3) is 6.08. The van der Waals surface area contributed by atoms with Gasteiger partial charge < -0.3 is 5.32 Å². The van der Waals surface area contributed by atoms with Gasteiger partial charge in [-0.25, -0.2) is 16.8 Å². The predicted molar refractivity (Wildman–Crippen MR) is 162 cm³/mol. The number of aryl methyl sites for hydroxylation is 1. The average molecular weight is 586 g/mol. The van der Waals surface area contributed by atoms with Crippen molar-refractivity contribution in [2.24, 2.45) is 0 Å². The molecule has 0 heterocycles. The summed E-state index contributed by atoms with van der Waals surface area (Å²) in [6.07, 6.45) is 0. The number of rotatable bonds is 8. The molecule has 5 aromatic carbocycles. The lowest BCUT2D eigenvalue weighted by molar-refractivity contribution is 0.102. The van der Waals surface area contributed by atoms with E-state index in [0.29, 0.717) is 16.9 Å². The van der Waals surface area contributed by atoms with Crippen molar-refractivity contribution in [3.63, 3.8) is 0 Å². The Balaban J connectivity index is 1.31. The van der Waals surface area contributed by atoms with E-state index in [1.165, 1.54) is 36.4 Å². The maximum Gasteiger partial charge on any atom is 0.261 e. The van der Waals surface area contributed by atoms with Crippen LogP contribution in [0.15, 0.2) is 119 Å². The average Bonchev–Trinajstić information content (AvgIpc) is 2.94. The first-order valence-corrected chi connectivity index (χ1v) is 15.6. The molecular formula is C31H27N3O5S2. The maximum atomic E-state index is 13.1. The summed E-state index contributed by atoms with van der Waals surface area (Å²) in [7, 11) is -7.74. The number of hydrogen-bond donors (Lipinski definition) is 3. The van der Waals surface area contributed by atoms with Gasteiger partial charge in [0, 0.05) is 16.6 Å². The molecule has 1 amide bonds. The lowest BCUT2D eigenvalue weighted by Crippen LogP contribution is -2.17. The van der Waals surface area contributed by atoms with Crippen molar-refractivity contribution in [2.75, 3.05) is 14.8 Å². The second-order valence-corrected chi connectivity index (χ2v) is 12.9. The Kier molecular flexibility index (Phi) is 7.53. The zero-order valence-corrected chi connectivity index (χ0v) is 23.9.